The monoisotopic (exact) mass is 233 g/mol. The standard InChI is InChI=1S/C12H15N3O2/c1-9(13)6-10-4-2-3-5-11(10)16-7-12-14-8-17-15-12/h2-5,8-9H,6-7,13H2,1H3. The first kappa shape index (κ1) is 11.6. The number of rotatable bonds is 5. The van der Waals surface area contributed by atoms with Crippen LogP contribution in [-0.4, -0.2) is 16.2 Å². The molecule has 1 aromatic heterocycles. The molecule has 2 N–H and O–H groups in total. The zero-order valence-corrected chi connectivity index (χ0v) is 9.67. The second-order valence-electron chi connectivity index (χ2n) is 3.93. The fraction of sp³-hybridized carbons (Fsp3) is 0.333. The molecule has 5 heteroatoms. The molecule has 0 aliphatic carbocycles. The number of ether oxygens (including phenoxy) is 1. The summed E-state index contributed by atoms with van der Waals surface area (Å²) in [4.78, 5) is 3.89. The Morgan fingerprint density at radius 1 is 1.41 bits per heavy atom. The van der Waals surface area contributed by atoms with Gasteiger partial charge < -0.3 is 15.0 Å². The van der Waals surface area contributed by atoms with Gasteiger partial charge in [-0.1, -0.05) is 23.4 Å². The SMILES string of the molecule is CC(N)Cc1ccccc1OCc1ncon1. The first-order chi connectivity index (χ1) is 8.25. The Hall–Kier alpha value is -1.88. The second kappa shape index (κ2) is 5.45. The van der Waals surface area contributed by atoms with Crippen molar-refractivity contribution in [1.82, 2.24) is 10.1 Å². The van der Waals surface area contributed by atoms with Crippen molar-refractivity contribution in [2.45, 2.75) is 26.0 Å². The van der Waals surface area contributed by atoms with Gasteiger partial charge >= 0.3 is 0 Å². The summed E-state index contributed by atoms with van der Waals surface area (Å²) in [5.74, 6) is 1.34. The molecule has 5 nitrogen and oxygen atoms in total. The van der Waals surface area contributed by atoms with E-state index in [1.54, 1.807) is 0 Å². The van der Waals surface area contributed by atoms with Crippen LogP contribution in [0.2, 0.25) is 0 Å². The van der Waals surface area contributed by atoms with Crippen LogP contribution in [0.1, 0.15) is 18.3 Å². The van der Waals surface area contributed by atoms with Crippen molar-refractivity contribution in [3.63, 3.8) is 0 Å². The topological polar surface area (TPSA) is 74.2 Å². The maximum atomic E-state index is 5.79. The largest absolute Gasteiger partial charge is 0.485 e. The van der Waals surface area contributed by atoms with E-state index >= 15 is 0 Å². The molecule has 0 aliphatic heterocycles. The van der Waals surface area contributed by atoms with Crippen LogP contribution in [0.4, 0.5) is 0 Å². The van der Waals surface area contributed by atoms with E-state index in [1.165, 1.54) is 6.39 Å². The smallest absolute Gasteiger partial charge is 0.213 e. The molecule has 0 amide bonds. The second-order valence-corrected chi connectivity index (χ2v) is 3.93. The van der Waals surface area contributed by atoms with E-state index in [9.17, 15) is 0 Å². The molecule has 0 bridgehead atoms. The third-order valence-corrected chi connectivity index (χ3v) is 2.28. The van der Waals surface area contributed by atoms with E-state index in [0.717, 1.165) is 17.7 Å². The molecule has 1 heterocycles. The normalized spacial score (nSPS) is 12.4. The van der Waals surface area contributed by atoms with Gasteiger partial charge in [-0.25, -0.2) is 0 Å². The predicted molar refractivity (Wildman–Crippen MR) is 62.4 cm³/mol. The van der Waals surface area contributed by atoms with Gasteiger partial charge in [0.15, 0.2) is 6.61 Å². The summed E-state index contributed by atoms with van der Waals surface area (Å²) in [6, 6.07) is 7.92. The Morgan fingerprint density at radius 2 is 2.24 bits per heavy atom. The lowest BCUT2D eigenvalue weighted by Crippen LogP contribution is -2.18. The zero-order chi connectivity index (χ0) is 12.1. The summed E-state index contributed by atoms with van der Waals surface area (Å²) >= 11 is 0. The first-order valence-corrected chi connectivity index (χ1v) is 5.47. The van der Waals surface area contributed by atoms with Crippen molar-refractivity contribution in [2.75, 3.05) is 0 Å². The van der Waals surface area contributed by atoms with E-state index in [0.29, 0.717) is 12.4 Å². The van der Waals surface area contributed by atoms with Gasteiger partial charge in [0.2, 0.25) is 12.2 Å². The van der Waals surface area contributed by atoms with E-state index in [4.69, 9.17) is 10.5 Å². The number of para-hydroxylation sites is 1. The van der Waals surface area contributed by atoms with E-state index < -0.39 is 0 Å². The highest BCUT2D eigenvalue weighted by Crippen LogP contribution is 2.20. The molecule has 0 radical (unpaired) electrons. The summed E-state index contributed by atoms with van der Waals surface area (Å²) < 4.78 is 10.3. The molecular formula is C12H15N3O2. The molecular weight excluding hydrogens is 218 g/mol. The lowest BCUT2D eigenvalue weighted by molar-refractivity contribution is 0.283. The summed E-state index contributed by atoms with van der Waals surface area (Å²) in [5, 5.41) is 3.69. The van der Waals surface area contributed by atoms with E-state index in [2.05, 4.69) is 14.7 Å². The van der Waals surface area contributed by atoms with Crippen LogP contribution >= 0.6 is 0 Å². The van der Waals surface area contributed by atoms with Crippen LogP contribution < -0.4 is 10.5 Å². The first-order valence-electron chi connectivity index (χ1n) is 5.47. The maximum absolute atomic E-state index is 5.79. The van der Waals surface area contributed by atoms with Gasteiger partial charge in [0.1, 0.15) is 5.75 Å². The number of nitrogens with zero attached hydrogens (tertiary/aromatic N) is 2. The third kappa shape index (κ3) is 3.29. The van der Waals surface area contributed by atoms with Gasteiger partial charge in [0.25, 0.3) is 0 Å². The van der Waals surface area contributed by atoms with Crippen LogP contribution in [0, 0.1) is 0 Å². The molecule has 1 unspecified atom stereocenters. The lowest BCUT2D eigenvalue weighted by atomic mass is 10.1. The molecule has 1 atom stereocenters. The van der Waals surface area contributed by atoms with Crippen LogP contribution in [0.3, 0.4) is 0 Å². The van der Waals surface area contributed by atoms with Crippen molar-refractivity contribution in [3.8, 4) is 5.75 Å². The Bertz CT molecular complexity index is 455. The van der Waals surface area contributed by atoms with Gasteiger partial charge in [0.05, 0.1) is 0 Å². The van der Waals surface area contributed by atoms with Crippen molar-refractivity contribution < 1.29 is 9.26 Å². The maximum Gasteiger partial charge on any atom is 0.213 e. The average Bonchev–Trinajstić information content (AvgIpc) is 2.80. The van der Waals surface area contributed by atoms with Crippen LogP contribution in [-0.2, 0) is 13.0 Å². The summed E-state index contributed by atoms with van der Waals surface area (Å²) in [5.41, 5.74) is 6.88. The molecule has 17 heavy (non-hydrogen) atoms. The fourth-order valence-electron chi connectivity index (χ4n) is 1.56. The number of hydrogen-bond acceptors (Lipinski definition) is 5. The summed E-state index contributed by atoms with van der Waals surface area (Å²) in [6.45, 7) is 2.27. The van der Waals surface area contributed by atoms with Crippen molar-refractivity contribution in [1.29, 1.82) is 0 Å². The molecule has 0 saturated heterocycles. The summed E-state index contributed by atoms with van der Waals surface area (Å²) in [6.07, 6.45) is 2.06. The number of benzene rings is 1. The Kier molecular flexibility index (Phi) is 3.72. The highest BCUT2D eigenvalue weighted by molar-refractivity contribution is 5.33. The Balaban J connectivity index is 2.04. The van der Waals surface area contributed by atoms with Crippen LogP contribution in [0.15, 0.2) is 35.2 Å². The van der Waals surface area contributed by atoms with Gasteiger partial charge in [-0.05, 0) is 25.0 Å². The minimum absolute atomic E-state index is 0.102. The minimum Gasteiger partial charge on any atom is -0.485 e. The van der Waals surface area contributed by atoms with Crippen molar-refractivity contribution >= 4 is 0 Å². The quantitative estimate of drug-likeness (QED) is 0.847. The average molecular weight is 233 g/mol. The van der Waals surface area contributed by atoms with Crippen LogP contribution in [0.5, 0.6) is 5.75 Å². The van der Waals surface area contributed by atoms with Crippen molar-refractivity contribution in [2.24, 2.45) is 5.73 Å². The highest BCUT2D eigenvalue weighted by Gasteiger charge is 2.06. The molecule has 90 valence electrons. The molecule has 0 aliphatic rings. The molecule has 0 spiro atoms. The highest BCUT2D eigenvalue weighted by atomic mass is 16.5. The zero-order valence-electron chi connectivity index (χ0n) is 9.67. The van der Waals surface area contributed by atoms with Gasteiger partial charge in [-0.2, -0.15) is 4.98 Å². The fourth-order valence-corrected chi connectivity index (χ4v) is 1.56. The van der Waals surface area contributed by atoms with Crippen molar-refractivity contribution in [3.05, 3.63) is 42.0 Å². The number of hydrogen-bond donors (Lipinski definition) is 1. The summed E-state index contributed by atoms with van der Waals surface area (Å²) in [7, 11) is 0. The Labute approximate surface area is 99.6 Å². The van der Waals surface area contributed by atoms with E-state index in [-0.39, 0.29) is 6.04 Å². The van der Waals surface area contributed by atoms with Gasteiger partial charge in [-0.15, -0.1) is 0 Å². The van der Waals surface area contributed by atoms with Gasteiger partial charge in [-0.3, -0.25) is 0 Å². The predicted octanol–water partition coefficient (Wildman–Crippen LogP) is 1.54. The molecule has 1 aromatic carbocycles. The van der Waals surface area contributed by atoms with Gasteiger partial charge in [0, 0.05) is 6.04 Å². The molecule has 2 aromatic rings. The number of aromatic nitrogens is 2. The molecule has 0 saturated carbocycles. The lowest BCUT2D eigenvalue weighted by Gasteiger charge is -2.11. The molecule has 0 fully saturated rings. The Morgan fingerprint density at radius 3 is 2.94 bits per heavy atom. The minimum atomic E-state index is 0.102. The van der Waals surface area contributed by atoms with Crippen LogP contribution in [0.25, 0.3) is 0 Å². The number of nitrogens with two attached hydrogens (primary N) is 1. The van der Waals surface area contributed by atoms with E-state index in [1.807, 2.05) is 31.2 Å². The molecule has 2 rings (SSSR count). The third-order valence-electron chi connectivity index (χ3n) is 2.28.